The Morgan fingerprint density at radius 3 is 1.55 bits per heavy atom. The third-order valence-corrected chi connectivity index (χ3v) is 8.70. The Kier molecular flexibility index (Phi) is 6.45. The van der Waals surface area contributed by atoms with E-state index in [2.05, 4.69) is 36.4 Å². The highest BCUT2D eigenvalue weighted by Gasteiger charge is 2.28. The molecule has 0 saturated heterocycles. The van der Waals surface area contributed by atoms with Gasteiger partial charge in [0.05, 0.1) is 24.9 Å². The van der Waals surface area contributed by atoms with Crippen molar-refractivity contribution < 1.29 is 9.53 Å². The van der Waals surface area contributed by atoms with Crippen LogP contribution in [-0.2, 0) is 4.74 Å². The lowest BCUT2D eigenvalue weighted by Gasteiger charge is -2.27. The zero-order chi connectivity index (χ0) is 21.5. The van der Waals surface area contributed by atoms with E-state index in [-0.39, 0.29) is 5.97 Å². The lowest BCUT2D eigenvalue weighted by Crippen LogP contribution is -2.25. The van der Waals surface area contributed by atoms with Crippen LogP contribution in [0.25, 0.3) is 0 Å². The fourth-order valence-electron chi connectivity index (χ4n) is 3.66. The van der Waals surface area contributed by atoms with E-state index in [1.807, 2.05) is 79.7 Å². The summed E-state index contributed by atoms with van der Waals surface area (Å²) in [6.07, 6.45) is 0. The van der Waals surface area contributed by atoms with E-state index in [0.29, 0.717) is 17.9 Å². The Morgan fingerprint density at radius 1 is 0.677 bits per heavy atom. The van der Waals surface area contributed by atoms with Gasteiger partial charge >= 0.3 is 5.97 Å². The van der Waals surface area contributed by atoms with Gasteiger partial charge in [-0.3, -0.25) is 4.74 Å². The van der Waals surface area contributed by atoms with E-state index in [1.54, 1.807) is 6.07 Å². The van der Waals surface area contributed by atoms with Crippen LogP contribution in [0.15, 0.2) is 120 Å². The van der Waals surface area contributed by atoms with Crippen molar-refractivity contribution in [1.82, 2.24) is 0 Å². The number of rotatable bonds is 6. The maximum atomic E-state index is 12.7. The summed E-state index contributed by atoms with van der Waals surface area (Å²) in [5.74, 6) is -0.353. The number of esters is 1. The van der Waals surface area contributed by atoms with Gasteiger partial charge in [-0.05, 0) is 19.1 Å². The Labute approximate surface area is 183 Å². The van der Waals surface area contributed by atoms with Crippen LogP contribution >= 0.6 is 7.05 Å². The molecule has 4 heteroatoms. The molecule has 0 aromatic heterocycles. The molecule has 4 aromatic rings. The zero-order valence-corrected chi connectivity index (χ0v) is 18.3. The Hall–Kier alpha value is -3.42. The molecule has 31 heavy (non-hydrogen) atoms. The van der Waals surface area contributed by atoms with E-state index in [4.69, 9.17) is 9.48 Å². The fraction of sp³-hybridized carbons (Fsp3) is 0.0741. The number of nitrogens with zero attached hydrogens (tertiary/aromatic N) is 1. The quantitative estimate of drug-likeness (QED) is 0.295. The van der Waals surface area contributed by atoms with Crippen molar-refractivity contribution in [2.75, 3.05) is 6.61 Å². The molecule has 0 N–H and O–H groups in total. The van der Waals surface area contributed by atoms with Crippen LogP contribution in [0.5, 0.6) is 0 Å². The summed E-state index contributed by atoms with van der Waals surface area (Å²) in [6, 6.07) is 38.5. The first kappa shape index (κ1) is 20.8. The first-order chi connectivity index (χ1) is 15.3. The van der Waals surface area contributed by atoms with Gasteiger partial charge in [-0.15, -0.1) is 0 Å². The highest BCUT2D eigenvalue weighted by Crippen LogP contribution is 2.49. The van der Waals surface area contributed by atoms with Gasteiger partial charge in [0.25, 0.3) is 0 Å². The lowest BCUT2D eigenvalue weighted by molar-refractivity contribution is 0.0527. The minimum Gasteiger partial charge on any atom is -0.462 e. The SMILES string of the molecule is CCOC(=O)c1ccccc1N=P(c1ccccc1)(c1ccccc1)c1ccccc1. The van der Waals surface area contributed by atoms with Crippen LogP contribution in [-0.4, -0.2) is 12.6 Å². The summed E-state index contributed by atoms with van der Waals surface area (Å²) in [7, 11) is -2.44. The molecule has 0 fully saturated rings. The molecule has 0 heterocycles. The third-order valence-electron chi connectivity index (χ3n) is 5.05. The van der Waals surface area contributed by atoms with E-state index >= 15 is 0 Å². The lowest BCUT2D eigenvalue weighted by atomic mass is 10.2. The number of ether oxygens (including phenoxy) is 1. The molecule has 154 valence electrons. The average Bonchev–Trinajstić information content (AvgIpc) is 2.84. The fourth-order valence-corrected chi connectivity index (χ4v) is 7.20. The molecule has 0 aliphatic heterocycles. The largest absolute Gasteiger partial charge is 0.462 e. The second-order valence-corrected chi connectivity index (χ2v) is 10.00. The highest BCUT2D eigenvalue weighted by atomic mass is 31.2. The molecule has 3 nitrogen and oxygen atoms in total. The highest BCUT2D eigenvalue weighted by molar-refractivity contribution is 7.87. The number of carbonyl (C=O) groups excluding carboxylic acids is 1. The first-order valence-electron chi connectivity index (χ1n) is 10.3. The maximum Gasteiger partial charge on any atom is 0.340 e. The molecular formula is C27H24NO2P. The molecule has 0 saturated carbocycles. The molecule has 0 aliphatic rings. The first-order valence-corrected chi connectivity index (χ1v) is 12.0. The topological polar surface area (TPSA) is 38.7 Å². The smallest absolute Gasteiger partial charge is 0.340 e. The average molecular weight is 425 g/mol. The molecule has 0 aliphatic carbocycles. The van der Waals surface area contributed by atoms with E-state index in [9.17, 15) is 4.79 Å². The molecular weight excluding hydrogens is 401 g/mol. The summed E-state index contributed by atoms with van der Waals surface area (Å²) in [5, 5.41) is 3.39. The van der Waals surface area contributed by atoms with Crippen LogP contribution in [0.1, 0.15) is 17.3 Å². The van der Waals surface area contributed by atoms with Gasteiger partial charge in [0.15, 0.2) is 0 Å². The van der Waals surface area contributed by atoms with Crippen LogP contribution in [0.4, 0.5) is 5.69 Å². The molecule has 0 atom stereocenters. The van der Waals surface area contributed by atoms with Gasteiger partial charge < -0.3 is 4.74 Å². The second-order valence-electron chi connectivity index (χ2n) is 6.98. The third kappa shape index (κ3) is 4.23. The van der Waals surface area contributed by atoms with E-state index in [1.165, 1.54) is 0 Å². The summed E-state index contributed by atoms with van der Waals surface area (Å²) in [5.41, 5.74) is 1.13. The van der Waals surface area contributed by atoms with Gasteiger partial charge in [0, 0.05) is 15.9 Å². The van der Waals surface area contributed by atoms with Gasteiger partial charge in [0.1, 0.15) is 0 Å². The summed E-state index contributed by atoms with van der Waals surface area (Å²) in [6.45, 7) is 2.14. The Bertz CT molecular complexity index is 1100. The van der Waals surface area contributed by atoms with Crippen molar-refractivity contribution in [3.8, 4) is 0 Å². The van der Waals surface area contributed by atoms with E-state index < -0.39 is 7.05 Å². The van der Waals surface area contributed by atoms with Crippen molar-refractivity contribution >= 4 is 34.6 Å². The van der Waals surface area contributed by atoms with Gasteiger partial charge in [-0.25, -0.2) is 4.79 Å². The number of hydrogen-bond donors (Lipinski definition) is 0. The van der Waals surface area contributed by atoms with Crippen LogP contribution in [0, 0.1) is 0 Å². The van der Waals surface area contributed by atoms with Crippen LogP contribution in [0.2, 0.25) is 0 Å². The zero-order valence-electron chi connectivity index (χ0n) is 17.4. The molecule has 4 aromatic carbocycles. The van der Waals surface area contributed by atoms with Crippen molar-refractivity contribution in [3.05, 3.63) is 121 Å². The second kappa shape index (κ2) is 9.59. The maximum absolute atomic E-state index is 12.7. The summed E-state index contributed by atoms with van der Waals surface area (Å²) in [4.78, 5) is 12.7. The predicted octanol–water partition coefficient (Wildman–Crippen LogP) is 5.67. The molecule has 0 spiro atoms. The van der Waals surface area contributed by atoms with Gasteiger partial charge in [0.2, 0.25) is 0 Å². The van der Waals surface area contributed by atoms with Crippen molar-refractivity contribution in [1.29, 1.82) is 0 Å². The monoisotopic (exact) mass is 425 g/mol. The number of hydrogen-bond acceptors (Lipinski definition) is 3. The van der Waals surface area contributed by atoms with Crippen molar-refractivity contribution in [2.45, 2.75) is 6.92 Å². The molecule has 0 radical (unpaired) electrons. The Morgan fingerprint density at radius 2 is 1.10 bits per heavy atom. The van der Waals surface area contributed by atoms with Crippen LogP contribution < -0.4 is 15.9 Å². The molecule has 0 bridgehead atoms. The minimum atomic E-state index is -2.44. The van der Waals surface area contributed by atoms with Crippen molar-refractivity contribution in [2.24, 2.45) is 4.74 Å². The Balaban J connectivity index is 2.11. The number of benzene rings is 4. The molecule has 0 amide bonds. The van der Waals surface area contributed by atoms with Crippen molar-refractivity contribution in [3.63, 3.8) is 0 Å². The summed E-state index contributed by atoms with van der Waals surface area (Å²) >= 11 is 0. The predicted molar refractivity (Wildman–Crippen MR) is 130 cm³/mol. The van der Waals surface area contributed by atoms with Gasteiger partial charge in [-0.2, -0.15) is 0 Å². The summed E-state index contributed by atoms with van der Waals surface area (Å²) < 4.78 is 10.7. The molecule has 4 rings (SSSR count). The minimum absolute atomic E-state index is 0.323. The van der Waals surface area contributed by atoms with Crippen LogP contribution in [0.3, 0.4) is 0 Å². The standard InChI is InChI=1S/C27H24NO2P/c1-2-30-27(29)25-20-12-13-21-26(25)28-31(22-14-6-3-7-15-22,23-16-8-4-9-17-23)24-18-10-5-11-19-24/h3-21H,2H2,1H3. The van der Waals surface area contributed by atoms with Gasteiger partial charge in [-0.1, -0.05) is 103 Å². The normalized spacial score (nSPS) is 11.0. The molecule has 0 unspecified atom stereocenters. The number of carbonyl (C=O) groups is 1. The van der Waals surface area contributed by atoms with E-state index in [0.717, 1.165) is 15.9 Å².